The predicted molar refractivity (Wildman–Crippen MR) is 187 cm³/mol. The summed E-state index contributed by atoms with van der Waals surface area (Å²) in [5.74, 6) is 1.000. The molecular formula is C33H44N2O7S4. The van der Waals surface area contributed by atoms with E-state index in [0.29, 0.717) is 33.9 Å². The number of aliphatic hydroxyl groups is 1. The maximum absolute atomic E-state index is 12.8. The highest BCUT2D eigenvalue weighted by molar-refractivity contribution is 8.77. The quantitative estimate of drug-likeness (QED) is 0.0766. The molecule has 0 saturated carbocycles. The number of aliphatic hydroxyl groups excluding tert-OH is 1. The number of hydrogen-bond donors (Lipinski definition) is 1. The lowest BCUT2D eigenvalue weighted by atomic mass is 10.1. The maximum atomic E-state index is 12.8. The fourth-order valence-corrected chi connectivity index (χ4v) is 11.1. The molecule has 0 aliphatic carbocycles. The van der Waals surface area contributed by atoms with Crippen molar-refractivity contribution in [3.05, 3.63) is 46.5 Å². The van der Waals surface area contributed by atoms with Gasteiger partial charge in [-0.15, -0.1) is 0 Å². The van der Waals surface area contributed by atoms with Gasteiger partial charge in [0.25, 0.3) is 0 Å². The van der Waals surface area contributed by atoms with Gasteiger partial charge in [0.2, 0.25) is 0 Å². The first-order chi connectivity index (χ1) is 22.2. The molecule has 2 fully saturated rings. The van der Waals surface area contributed by atoms with E-state index in [1.807, 2.05) is 57.0 Å². The van der Waals surface area contributed by atoms with E-state index >= 15 is 0 Å². The zero-order valence-corrected chi connectivity index (χ0v) is 30.1. The number of benzene rings is 1. The van der Waals surface area contributed by atoms with Crippen molar-refractivity contribution in [1.29, 1.82) is 0 Å². The normalized spacial score (nSPS) is 18.3. The molecule has 0 amide bonds. The van der Waals surface area contributed by atoms with Crippen LogP contribution < -0.4 is 9.47 Å². The molecule has 1 N–H and O–H groups in total. The second kappa shape index (κ2) is 19.2. The summed E-state index contributed by atoms with van der Waals surface area (Å²) in [6.07, 6.45) is 6.89. The largest absolute Gasteiger partial charge is 0.457 e. The molecule has 0 radical (unpaired) electrons. The first-order valence-electron chi connectivity index (χ1n) is 15.9. The second-order valence-corrected chi connectivity index (χ2v) is 17.2. The van der Waals surface area contributed by atoms with Crippen LogP contribution in [-0.4, -0.2) is 61.1 Å². The van der Waals surface area contributed by atoms with Gasteiger partial charge < -0.3 is 19.3 Å². The molecule has 2 aliphatic heterocycles. The van der Waals surface area contributed by atoms with E-state index in [-0.39, 0.29) is 37.4 Å². The van der Waals surface area contributed by atoms with Gasteiger partial charge in [-0.05, 0) is 77.0 Å². The summed E-state index contributed by atoms with van der Waals surface area (Å²) in [5.41, 5.74) is 3.26. The van der Waals surface area contributed by atoms with Crippen molar-refractivity contribution in [2.45, 2.75) is 115 Å². The van der Waals surface area contributed by atoms with Crippen LogP contribution in [0.3, 0.4) is 0 Å². The summed E-state index contributed by atoms with van der Waals surface area (Å²) < 4.78 is 16.7. The van der Waals surface area contributed by atoms with E-state index in [1.54, 1.807) is 19.1 Å². The molecule has 1 aromatic heterocycles. The van der Waals surface area contributed by atoms with Crippen LogP contribution in [0.25, 0.3) is 0 Å². The molecule has 4 rings (SSSR count). The van der Waals surface area contributed by atoms with Crippen LogP contribution in [0.5, 0.6) is 11.5 Å². The molecule has 3 unspecified atom stereocenters. The van der Waals surface area contributed by atoms with E-state index in [1.165, 1.54) is 30.4 Å². The number of ether oxygens (including phenoxy) is 3. The Morgan fingerprint density at radius 1 is 0.826 bits per heavy atom. The van der Waals surface area contributed by atoms with Crippen molar-refractivity contribution in [3.63, 3.8) is 0 Å². The summed E-state index contributed by atoms with van der Waals surface area (Å²) >= 11 is 0. The first-order valence-corrected chi connectivity index (χ1v) is 20.7. The fraction of sp³-hybridized carbons (Fsp3) is 0.606. The Morgan fingerprint density at radius 3 is 2.00 bits per heavy atom. The Morgan fingerprint density at radius 2 is 1.41 bits per heavy atom. The minimum atomic E-state index is -1.46. The molecule has 2 aromatic rings. The summed E-state index contributed by atoms with van der Waals surface area (Å²) in [6.45, 7) is 5.38. The number of rotatable bonds is 17. The molecule has 2 aliphatic rings. The van der Waals surface area contributed by atoms with Crippen molar-refractivity contribution in [1.82, 2.24) is 9.97 Å². The minimum Gasteiger partial charge on any atom is -0.457 e. The van der Waals surface area contributed by atoms with Crippen LogP contribution in [0.15, 0.2) is 18.2 Å². The SMILES string of the molecule is Cc1nc(C)c(COC(=O)C(O)Cc2ccc(OC(=O)CCCCC3CCSS3)c(OC(=O)CCCCC3CCSS3)c2)nc1C. The van der Waals surface area contributed by atoms with E-state index in [0.717, 1.165) is 43.5 Å². The number of carbonyl (C=O) groups excluding carboxylic acids is 3. The van der Waals surface area contributed by atoms with Crippen molar-refractivity contribution in [2.75, 3.05) is 11.5 Å². The lowest BCUT2D eigenvalue weighted by Gasteiger charge is -2.15. The Hall–Kier alpha value is -1.93. The van der Waals surface area contributed by atoms with Gasteiger partial charge >= 0.3 is 17.9 Å². The van der Waals surface area contributed by atoms with Gasteiger partial charge in [-0.1, -0.05) is 62.1 Å². The first kappa shape index (κ1) is 36.9. The number of nitrogens with zero attached hydrogens (tertiary/aromatic N) is 2. The van der Waals surface area contributed by atoms with Gasteiger partial charge in [0.05, 0.1) is 22.8 Å². The van der Waals surface area contributed by atoms with Crippen molar-refractivity contribution in [2.24, 2.45) is 0 Å². The van der Waals surface area contributed by atoms with Crippen LogP contribution >= 0.6 is 43.2 Å². The highest BCUT2D eigenvalue weighted by atomic mass is 33.1. The lowest BCUT2D eigenvalue weighted by Crippen LogP contribution is -2.25. The van der Waals surface area contributed by atoms with Gasteiger partial charge in [-0.2, -0.15) is 0 Å². The third-order valence-corrected chi connectivity index (χ3v) is 13.9. The molecule has 9 nitrogen and oxygen atoms in total. The topological polar surface area (TPSA) is 125 Å². The molecule has 3 heterocycles. The average molecular weight is 709 g/mol. The Kier molecular flexibility index (Phi) is 15.4. The van der Waals surface area contributed by atoms with Crippen molar-refractivity contribution < 1.29 is 33.7 Å². The standard InChI is InChI=1S/C33H44N2O7S4/c1-21-22(2)35-27(23(3)34-21)20-40-33(39)28(36)18-24-12-13-29(41-31(37)10-6-4-8-25-14-16-43-45-25)30(19-24)42-32(38)11-7-5-9-26-15-17-44-46-26/h12-13,19,25-26,28,36H,4-11,14-18,20H2,1-3H3. The Bertz CT molecular complexity index is 1330. The zero-order chi connectivity index (χ0) is 32.9. The molecule has 13 heteroatoms. The molecule has 3 atom stereocenters. The average Bonchev–Trinajstić information content (AvgIpc) is 3.75. The lowest BCUT2D eigenvalue weighted by molar-refractivity contribution is -0.155. The molecule has 46 heavy (non-hydrogen) atoms. The van der Waals surface area contributed by atoms with E-state index in [2.05, 4.69) is 9.97 Å². The highest BCUT2D eigenvalue weighted by Gasteiger charge is 2.22. The van der Waals surface area contributed by atoms with Crippen molar-refractivity contribution >= 4 is 61.1 Å². The van der Waals surface area contributed by atoms with Crippen molar-refractivity contribution in [3.8, 4) is 11.5 Å². The summed E-state index contributed by atoms with van der Waals surface area (Å²) in [5, 5.41) is 11.9. The van der Waals surface area contributed by atoms with Gasteiger partial charge in [-0.3, -0.25) is 19.6 Å². The third-order valence-electron chi connectivity index (χ3n) is 7.86. The molecule has 1 aromatic carbocycles. The number of aryl methyl sites for hydroxylation is 3. The number of hydrogen-bond acceptors (Lipinski definition) is 13. The summed E-state index contributed by atoms with van der Waals surface area (Å²) in [6, 6.07) is 4.72. The Balaban J connectivity index is 1.33. The molecular weight excluding hydrogens is 665 g/mol. The van der Waals surface area contributed by atoms with E-state index in [9.17, 15) is 19.5 Å². The number of unbranched alkanes of at least 4 members (excludes halogenated alkanes) is 2. The van der Waals surface area contributed by atoms with Gasteiger partial charge in [-0.25, -0.2) is 4.79 Å². The van der Waals surface area contributed by atoms with E-state index < -0.39 is 24.0 Å². The summed E-state index contributed by atoms with van der Waals surface area (Å²) in [7, 11) is 7.68. The zero-order valence-electron chi connectivity index (χ0n) is 26.8. The number of esters is 3. The molecule has 252 valence electrons. The van der Waals surface area contributed by atoms with E-state index in [4.69, 9.17) is 14.2 Å². The van der Waals surface area contributed by atoms with Gasteiger partial charge in [0, 0.05) is 41.3 Å². The van der Waals surface area contributed by atoms with Gasteiger partial charge in [0.15, 0.2) is 17.6 Å². The highest BCUT2D eigenvalue weighted by Crippen LogP contribution is 2.41. The third kappa shape index (κ3) is 12.3. The predicted octanol–water partition coefficient (Wildman–Crippen LogP) is 7.29. The number of aromatic nitrogens is 2. The molecule has 0 bridgehead atoms. The minimum absolute atomic E-state index is 0.0796. The van der Waals surface area contributed by atoms with Crippen LogP contribution in [0.2, 0.25) is 0 Å². The smallest absolute Gasteiger partial charge is 0.335 e. The summed E-state index contributed by atoms with van der Waals surface area (Å²) in [4.78, 5) is 47.0. The fourth-order valence-electron chi connectivity index (χ4n) is 5.04. The number of carbonyl (C=O) groups is 3. The van der Waals surface area contributed by atoms with Crippen LogP contribution in [0, 0.1) is 20.8 Å². The second-order valence-electron chi connectivity index (χ2n) is 11.6. The molecule has 0 spiro atoms. The van der Waals surface area contributed by atoms with Crippen LogP contribution in [0.1, 0.15) is 92.5 Å². The monoisotopic (exact) mass is 708 g/mol. The Labute approximate surface area is 287 Å². The molecule has 2 saturated heterocycles. The van der Waals surface area contributed by atoms with Gasteiger partial charge in [0.1, 0.15) is 6.61 Å². The maximum Gasteiger partial charge on any atom is 0.335 e. The van der Waals surface area contributed by atoms with Crippen LogP contribution in [0.4, 0.5) is 0 Å². The van der Waals surface area contributed by atoms with Crippen LogP contribution in [-0.2, 0) is 32.1 Å².